The van der Waals surface area contributed by atoms with Crippen LogP contribution in [0.4, 0.5) is 0 Å². The summed E-state index contributed by atoms with van der Waals surface area (Å²) in [6, 6.07) is -0.668. The molecule has 1 unspecified atom stereocenters. The lowest BCUT2D eigenvalue weighted by Gasteiger charge is -2.29. The van der Waals surface area contributed by atoms with Gasteiger partial charge in [-0.2, -0.15) is 0 Å². The molecule has 0 spiro atoms. The smallest absolute Gasteiger partial charge is 0.235 e. The monoisotopic (exact) mass is 201 g/mol. The Morgan fingerprint density at radius 3 is 2.50 bits per heavy atom. The molecule has 0 radical (unpaired) electrons. The second-order valence-electron chi connectivity index (χ2n) is 4.04. The summed E-state index contributed by atoms with van der Waals surface area (Å²) in [6.45, 7) is 0.439. The van der Waals surface area contributed by atoms with Gasteiger partial charge < -0.3 is 21.9 Å². The maximum atomic E-state index is 10.7. The number of nitrogens with one attached hydrogen (secondary N) is 1. The molecule has 1 saturated carbocycles. The summed E-state index contributed by atoms with van der Waals surface area (Å²) in [6.07, 6.45) is 4.10. The number of rotatable bonds is 5. The third kappa shape index (κ3) is 2.67. The summed E-state index contributed by atoms with van der Waals surface area (Å²) >= 11 is 0. The van der Waals surface area contributed by atoms with Crippen LogP contribution in [0.3, 0.4) is 0 Å². The highest BCUT2D eigenvalue weighted by Crippen LogP contribution is 2.28. The summed E-state index contributed by atoms with van der Waals surface area (Å²) < 4.78 is 0. The molecule has 0 bridgehead atoms. The fourth-order valence-electron chi connectivity index (χ4n) is 1.87. The van der Waals surface area contributed by atoms with Crippen LogP contribution in [0.25, 0.3) is 0 Å². The minimum Gasteiger partial charge on any atom is -0.394 e. The molecule has 5 heteroatoms. The summed E-state index contributed by atoms with van der Waals surface area (Å²) in [5, 5.41) is 12.4. The Labute approximate surface area is 83.8 Å². The third-order valence-corrected chi connectivity index (χ3v) is 2.93. The molecule has 0 aromatic carbocycles. The van der Waals surface area contributed by atoms with Crippen LogP contribution in [-0.2, 0) is 4.79 Å². The maximum Gasteiger partial charge on any atom is 0.235 e. The van der Waals surface area contributed by atoms with Crippen LogP contribution in [-0.4, -0.2) is 35.7 Å². The Balaban J connectivity index is 2.38. The van der Waals surface area contributed by atoms with Crippen molar-refractivity contribution in [2.45, 2.75) is 37.3 Å². The fraction of sp³-hybridized carbons (Fsp3) is 0.889. The quantitative estimate of drug-likeness (QED) is 0.444. The molecule has 1 aliphatic carbocycles. The van der Waals surface area contributed by atoms with Crippen LogP contribution in [0.5, 0.6) is 0 Å². The summed E-state index contributed by atoms with van der Waals surface area (Å²) in [5.41, 5.74) is 10.3. The first-order chi connectivity index (χ1) is 6.59. The van der Waals surface area contributed by atoms with E-state index in [1.807, 2.05) is 0 Å². The highest BCUT2D eigenvalue weighted by molar-refractivity contribution is 5.79. The van der Waals surface area contributed by atoms with E-state index in [9.17, 15) is 9.90 Å². The van der Waals surface area contributed by atoms with Crippen molar-refractivity contribution in [3.63, 3.8) is 0 Å². The zero-order valence-corrected chi connectivity index (χ0v) is 8.33. The highest BCUT2D eigenvalue weighted by atomic mass is 16.3. The van der Waals surface area contributed by atoms with Crippen LogP contribution in [0.15, 0.2) is 0 Å². The number of aliphatic hydroxyl groups excluding tert-OH is 1. The molecule has 1 aliphatic rings. The van der Waals surface area contributed by atoms with Gasteiger partial charge in [-0.05, 0) is 12.8 Å². The van der Waals surface area contributed by atoms with Crippen molar-refractivity contribution in [3.8, 4) is 0 Å². The molecular formula is C9H19N3O2. The van der Waals surface area contributed by atoms with Gasteiger partial charge in [-0.25, -0.2) is 0 Å². The van der Waals surface area contributed by atoms with Crippen LogP contribution in [0.1, 0.15) is 25.7 Å². The molecule has 0 aromatic heterocycles. The van der Waals surface area contributed by atoms with E-state index in [4.69, 9.17) is 11.5 Å². The Kier molecular flexibility index (Phi) is 3.86. The van der Waals surface area contributed by atoms with Crippen molar-refractivity contribution < 1.29 is 9.90 Å². The number of primary amides is 1. The number of aliphatic hydroxyl groups is 1. The standard InChI is InChI=1S/C9H19N3O2/c10-7(8(11)14)5-12-9(6-13)3-1-2-4-9/h7,12-13H,1-6,10H2,(H2,11,14). The van der Waals surface area contributed by atoms with E-state index in [2.05, 4.69) is 5.32 Å². The SMILES string of the molecule is NC(=O)C(N)CNC1(CO)CCCC1. The normalized spacial score (nSPS) is 22.1. The largest absolute Gasteiger partial charge is 0.394 e. The van der Waals surface area contributed by atoms with Crippen molar-refractivity contribution >= 4 is 5.91 Å². The van der Waals surface area contributed by atoms with Crippen molar-refractivity contribution in [3.05, 3.63) is 0 Å². The molecule has 0 saturated heterocycles. The zero-order chi connectivity index (χ0) is 10.6. The van der Waals surface area contributed by atoms with Gasteiger partial charge in [0.2, 0.25) is 5.91 Å². The molecule has 1 fully saturated rings. The molecule has 1 amide bonds. The van der Waals surface area contributed by atoms with Crippen LogP contribution in [0, 0.1) is 0 Å². The number of hydrogen-bond acceptors (Lipinski definition) is 4. The second kappa shape index (κ2) is 4.72. The average Bonchev–Trinajstić information content (AvgIpc) is 2.63. The number of nitrogens with two attached hydrogens (primary N) is 2. The molecular weight excluding hydrogens is 182 g/mol. The van der Waals surface area contributed by atoms with E-state index in [-0.39, 0.29) is 12.1 Å². The maximum absolute atomic E-state index is 10.7. The molecule has 82 valence electrons. The topological polar surface area (TPSA) is 101 Å². The van der Waals surface area contributed by atoms with E-state index in [1.54, 1.807) is 0 Å². The van der Waals surface area contributed by atoms with E-state index < -0.39 is 11.9 Å². The Morgan fingerprint density at radius 2 is 2.07 bits per heavy atom. The van der Waals surface area contributed by atoms with E-state index in [0.717, 1.165) is 25.7 Å². The van der Waals surface area contributed by atoms with Gasteiger partial charge in [-0.3, -0.25) is 4.79 Å². The number of amides is 1. The van der Waals surface area contributed by atoms with Crippen LogP contribution >= 0.6 is 0 Å². The summed E-state index contributed by atoms with van der Waals surface area (Å²) in [5.74, 6) is -0.511. The Morgan fingerprint density at radius 1 is 1.50 bits per heavy atom. The van der Waals surface area contributed by atoms with Gasteiger partial charge in [-0.15, -0.1) is 0 Å². The van der Waals surface area contributed by atoms with E-state index in [0.29, 0.717) is 6.54 Å². The average molecular weight is 201 g/mol. The molecule has 1 rings (SSSR count). The lowest BCUT2D eigenvalue weighted by atomic mass is 9.98. The first kappa shape index (κ1) is 11.4. The van der Waals surface area contributed by atoms with Crippen molar-refractivity contribution in [2.75, 3.05) is 13.2 Å². The van der Waals surface area contributed by atoms with Crippen molar-refractivity contribution in [1.29, 1.82) is 0 Å². The molecule has 1 atom stereocenters. The molecule has 0 aromatic rings. The van der Waals surface area contributed by atoms with Gasteiger partial charge in [0.1, 0.15) is 0 Å². The van der Waals surface area contributed by atoms with Crippen molar-refractivity contribution in [2.24, 2.45) is 11.5 Å². The van der Waals surface area contributed by atoms with Gasteiger partial charge in [0.25, 0.3) is 0 Å². The highest BCUT2D eigenvalue weighted by Gasteiger charge is 2.33. The van der Waals surface area contributed by atoms with Crippen molar-refractivity contribution in [1.82, 2.24) is 5.32 Å². The van der Waals surface area contributed by atoms with Gasteiger partial charge in [0, 0.05) is 12.1 Å². The van der Waals surface area contributed by atoms with Gasteiger partial charge in [0.05, 0.1) is 12.6 Å². The molecule has 5 nitrogen and oxygen atoms in total. The number of carbonyl (C=O) groups is 1. The lowest BCUT2D eigenvalue weighted by molar-refractivity contribution is -0.119. The second-order valence-corrected chi connectivity index (χ2v) is 4.04. The number of carbonyl (C=O) groups excluding carboxylic acids is 1. The van der Waals surface area contributed by atoms with Gasteiger partial charge in [0.15, 0.2) is 0 Å². The minimum absolute atomic E-state index is 0.0957. The lowest BCUT2D eigenvalue weighted by Crippen LogP contribution is -2.53. The fourth-order valence-corrected chi connectivity index (χ4v) is 1.87. The molecule has 6 N–H and O–H groups in total. The minimum atomic E-state index is -0.668. The van der Waals surface area contributed by atoms with Gasteiger partial charge >= 0.3 is 0 Å². The number of hydrogen-bond donors (Lipinski definition) is 4. The predicted molar refractivity (Wildman–Crippen MR) is 53.5 cm³/mol. The predicted octanol–water partition coefficient (Wildman–Crippen LogP) is -1.31. The third-order valence-electron chi connectivity index (χ3n) is 2.93. The zero-order valence-electron chi connectivity index (χ0n) is 8.33. The molecule has 0 aliphatic heterocycles. The van der Waals surface area contributed by atoms with Gasteiger partial charge in [-0.1, -0.05) is 12.8 Å². The van der Waals surface area contributed by atoms with E-state index >= 15 is 0 Å². The Hall–Kier alpha value is -0.650. The van der Waals surface area contributed by atoms with E-state index in [1.165, 1.54) is 0 Å². The van der Waals surface area contributed by atoms with Crippen LogP contribution in [0.2, 0.25) is 0 Å². The Bertz CT molecular complexity index is 202. The molecule has 0 heterocycles. The summed E-state index contributed by atoms with van der Waals surface area (Å²) in [4.78, 5) is 10.7. The first-order valence-electron chi connectivity index (χ1n) is 5.00. The first-order valence-corrected chi connectivity index (χ1v) is 5.00. The molecule has 14 heavy (non-hydrogen) atoms. The summed E-state index contributed by atoms with van der Waals surface area (Å²) in [7, 11) is 0. The van der Waals surface area contributed by atoms with Crippen LogP contribution < -0.4 is 16.8 Å².